The normalized spacial score (nSPS) is 22.1. The molecule has 1 aromatic carbocycles. The van der Waals surface area contributed by atoms with Crippen molar-refractivity contribution in [2.45, 2.75) is 25.0 Å². The zero-order valence-electron chi connectivity index (χ0n) is 13.1. The van der Waals surface area contributed by atoms with Crippen molar-refractivity contribution in [2.24, 2.45) is 7.05 Å². The van der Waals surface area contributed by atoms with Crippen LogP contribution in [0.25, 0.3) is 0 Å². The Morgan fingerprint density at radius 3 is 3.00 bits per heavy atom. The molecular weight excluding hydrogens is 278 g/mol. The number of methoxy groups -OCH3 is 1. The van der Waals surface area contributed by atoms with Crippen LogP contribution in [0.2, 0.25) is 0 Å². The number of rotatable bonds is 5. The molecule has 2 aromatic rings. The van der Waals surface area contributed by atoms with E-state index in [2.05, 4.69) is 22.1 Å². The van der Waals surface area contributed by atoms with E-state index in [1.165, 1.54) is 11.1 Å². The van der Waals surface area contributed by atoms with Gasteiger partial charge in [0.25, 0.3) is 0 Å². The van der Waals surface area contributed by atoms with Crippen LogP contribution in [0, 0.1) is 0 Å². The van der Waals surface area contributed by atoms with Gasteiger partial charge in [-0.2, -0.15) is 5.10 Å². The molecule has 0 saturated carbocycles. The molecule has 0 aliphatic carbocycles. The first-order valence-electron chi connectivity index (χ1n) is 7.69. The molecular formula is C17H23N3O2. The van der Waals surface area contributed by atoms with Crippen molar-refractivity contribution in [1.29, 1.82) is 0 Å². The lowest BCUT2D eigenvalue weighted by Crippen LogP contribution is -2.27. The second-order valence-electron chi connectivity index (χ2n) is 5.95. The summed E-state index contributed by atoms with van der Waals surface area (Å²) in [6.07, 6.45) is 5.42. The maximum atomic E-state index is 10.1. The van der Waals surface area contributed by atoms with Crippen molar-refractivity contribution in [3.63, 3.8) is 0 Å². The molecule has 1 aliphatic heterocycles. The minimum absolute atomic E-state index is 0.252. The maximum Gasteiger partial charge on any atom is 0.119 e. The van der Waals surface area contributed by atoms with Crippen LogP contribution in [0.4, 0.5) is 0 Å². The molecule has 1 saturated heterocycles. The van der Waals surface area contributed by atoms with Crippen molar-refractivity contribution in [3.8, 4) is 5.75 Å². The lowest BCUT2D eigenvalue weighted by Gasteiger charge is -2.24. The second-order valence-corrected chi connectivity index (χ2v) is 5.95. The highest BCUT2D eigenvalue weighted by Gasteiger charge is 2.31. The minimum Gasteiger partial charge on any atom is -0.497 e. The molecule has 1 fully saturated rings. The highest BCUT2D eigenvalue weighted by Crippen LogP contribution is 2.33. The standard InChI is InChI=1S/C17H23N3O2/c1-19-11-13(10-18-19)6-7-20-12-15(21)9-17(20)14-4-3-5-16(8-14)22-2/h3-5,8,10-11,15,17,21H,6-7,9,12H2,1-2H3. The molecule has 5 nitrogen and oxygen atoms in total. The molecule has 1 aliphatic rings. The smallest absolute Gasteiger partial charge is 0.119 e. The van der Waals surface area contributed by atoms with Gasteiger partial charge in [-0.15, -0.1) is 0 Å². The summed E-state index contributed by atoms with van der Waals surface area (Å²) in [5.41, 5.74) is 2.44. The van der Waals surface area contributed by atoms with Crippen LogP contribution < -0.4 is 4.74 Å². The highest BCUT2D eigenvalue weighted by atomic mass is 16.5. The molecule has 2 atom stereocenters. The number of β-amino-alcohol motifs (C(OH)–C–C–N with tert-alkyl or cyclic N) is 1. The van der Waals surface area contributed by atoms with E-state index in [0.29, 0.717) is 0 Å². The largest absolute Gasteiger partial charge is 0.497 e. The fourth-order valence-electron chi connectivity index (χ4n) is 3.20. The summed E-state index contributed by atoms with van der Waals surface area (Å²) >= 11 is 0. The van der Waals surface area contributed by atoms with Gasteiger partial charge >= 0.3 is 0 Å². The first-order valence-corrected chi connectivity index (χ1v) is 7.69. The van der Waals surface area contributed by atoms with E-state index in [9.17, 15) is 5.11 Å². The summed E-state index contributed by atoms with van der Waals surface area (Å²) in [6.45, 7) is 1.65. The first kappa shape index (κ1) is 15.1. The van der Waals surface area contributed by atoms with Crippen LogP contribution in [0.15, 0.2) is 36.7 Å². The van der Waals surface area contributed by atoms with Gasteiger partial charge in [-0.3, -0.25) is 9.58 Å². The Labute approximate surface area is 131 Å². The summed E-state index contributed by atoms with van der Waals surface area (Å²) in [6, 6.07) is 8.40. The molecule has 0 radical (unpaired) electrons. The molecule has 1 N–H and O–H groups in total. The van der Waals surface area contributed by atoms with E-state index in [1.807, 2.05) is 36.3 Å². The first-order chi connectivity index (χ1) is 10.7. The van der Waals surface area contributed by atoms with Crippen molar-refractivity contribution < 1.29 is 9.84 Å². The maximum absolute atomic E-state index is 10.1. The van der Waals surface area contributed by atoms with Gasteiger partial charge < -0.3 is 9.84 Å². The number of nitrogens with zero attached hydrogens (tertiary/aromatic N) is 3. The van der Waals surface area contributed by atoms with E-state index in [-0.39, 0.29) is 12.1 Å². The third-order valence-corrected chi connectivity index (χ3v) is 4.31. The van der Waals surface area contributed by atoms with Crippen molar-refractivity contribution >= 4 is 0 Å². The molecule has 22 heavy (non-hydrogen) atoms. The van der Waals surface area contributed by atoms with E-state index >= 15 is 0 Å². The van der Waals surface area contributed by atoms with Gasteiger partial charge in [0, 0.05) is 32.4 Å². The Balaban J connectivity index is 1.71. The SMILES string of the molecule is COc1cccc(C2CC(O)CN2CCc2cnn(C)c2)c1. The Kier molecular flexibility index (Phi) is 4.45. The van der Waals surface area contributed by atoms with Crippen molar-refractivity contribution in [1.82, 2.24) is 14.7 Å². The Morgan fingerprint density at radius 1 is 1.41 bits per heavy atom. The average molecular weight is 301 g/mol. The Hall–Kier alpha value is -1.85. The summed E-state index contributed by atoms with van der Waals surface area (Å²) in [5.74, 6) is 0.867. The summed E-state index contributed by atoms with van der Waals surface area (Å²) in [4.78, 5) is 2.35. The van der Waals surface area contributed by atoms with E-state index in [1.54, 1.807) is 7.11 Å². The Bertz CT molecular complexity index is 626. The molecule has 0 amide bonds. The monoisotopic (exact) mass is 301 g/mol. The summed E-state index contributed by atoms with van der Waals surface area (Å²) in [7, 11) is 3.62. The number of aryl methyl sites for hydroxylation is 1. The fraction of sp³-hybridized carbons (Fsp3) is 0.471. The third kappa shape index (κ3) is 3.31. The number of hydrogen-bond donors (Lipinski definition) is 1. The number of likely N-dealkylation sites (tertiary alicyclic amines) is 1. The lowest BCUT2D eigenvalue weighted by atomic mass is 10.0. The van der Waals surface area contributed by atoms with Crippen LogP contribution >= 0.6 is 0 Å². The number of benzene rings is 1. The third-order valence-electron chi connectivity index (χ3n) is 4.31. The highest BCUT2D eigenvalue weighted by molar-refractivity contribution is 5.31. The molecule has 118 valence electrons. The molecule has 0 bridgehead atoms. The number of hydrogen-bond acceptors (Lipinski definition) is 4. The van der Waals surface area contributed by atoms with Gasteiger partial charge in [0.2, 0.25) is 0 Å². The van der Waals surface area contributed by atoms with Gasteiger partial charge in [-0.05, 0) is 36.1 Å². The van der Waals surface area contributed by atoms with Crippen LogP contribution in [-0.2, 0) is 13.5 Å². The number of aliphatic hydroxyl groups is 1. The summed E-state index contributed by atoms with van der Waals surface area (Å²) < 4.78 is 7.14. The molecule has 2 heterocycles. The predicted molar refractivity (Wildman–Crippen MR) is 84.8 cm³/mol. The molecule has 3 rings (SSSR count). The molecule has 5 heteroatoms. The van der Waals surface area contributed by atoms with Crippen LogP contribution in [0.5, 0.6) is 5.75 Å². The van der Waals surface area contributed by atoms with Crippen molar-refractivity contribution in [3.05, 3.63) is 47.8 Å². The van der Waals surface area contributed by atoms with Crippen LogP contribution in [-0.4, -0.2) is 46.1 Å². The zero-order chi connectivity index (χ0) is 15.5. The predicted octanol–water partition coefficient (Wildman–Crippen LogP) is 1.78. The number of ether oxygens (including phenoxy) is 1. The quantitative estimate of drug-likeness (QED) is 0.914. The van der Waals surface area contributed by atoms with Gasteiger partial charge in [-0.1, -0.05) is 12.1 Å². The number of aliphatic hydroxyl groups excluding tert-OH is 1. The van der Waals surface area contributed by atoms with Gasteiger partial charge in [0.1, 0.15) is 5.75 Å². The fourth-order valence-corrected chi connectivity index (χ4v) is 3.20. The van der Waals surface area contributed by atoms with Crippen LogP contribution in [0.3, 0.4) is 0 Å². The van der Waals surface area contributed by atoms with E-state index in [0.717, 1.165) is 31.7 Å². The minimum atomic E-state index is -0.259. The Morgan fingerprint density at radius 2 is 2.27 bits per heavy atom. The van der Waals surface area contributed by atoms with E-state index in [4.69, 9.17) is 4.74 Å². The molecule has 1 aromatic heterocycles. The van der Waals surface area contributed by atoms with Gasteiger partial charge in [-0.25, -0.2) is 0 Å². The van der Waals surface area contributed by atoms with Crippen LogP contribution in [0.1, 0.15) is 23.6 Å². The lowest BCUT2D eigenvalue weighted by molar-refractivity contribution is 0.175. The van der Waals surface area contributed by atoms with Crippen molar-refractivity contribution in [2.75, 3.05) is 20.2 Å². The van der Waals surface area contributed by atoms with Gasteiger partial charge in [0.15, 0.2) is 0 Å². The number of aromatic nitrogens is 2. The van der Waals surface area contributed by atoms with E-state index < -0.39 is 0 Å². The molecule has 2 unspecified atom stereocenters. The second kappa shape index (κ2) is 6.50. The molecule has 0 spiro atoms. The average Bonchev–Trinajstić information content (AvgIpc) is 3.11. The zero-order valence-corrected chi connectivity index (χ0v) is 13.1. The van der Waals surface area contributed by atoms with Gasteiger partial charge in [0.05, 0.1) is 19.4 Å². The topological polar surface area (TPSA) is 50.5 Å². The summed E-state index contributed by atoms with van der Waals surface area (Å²) in [5, 5.41) is 14.3.